The van der Waals surface area contributed by atoms with E-state index in [1.54, 1.807) is 18.2 Å². The smallest absolute Gasteiger partial charge is 0.408 e. The number of aryl methyl sites for hydroxylation is 3. The highest BCUT2D eigenvalue weighted by molar-refractivity contribution is 7.92. The van der Waals surface area contributed by atoms with Crippen LogP contribution in [0.3, 0.4) is 0 Å². The molecule has 12 N–H and O–H groups in total. The number of nitrogens with two attached hydrogens (primary N) is 3. The molecule has 0 spiro atoms. The van der Waals surface area contributed by atoms with Gasteiger partial charge in [-0.1, -0.05) is 174 Å². The minimum Gasteiger partial charge on any atom is -0.444 e. The van der Waals surface area contributed by atoms with E-state index in [4.69, 9.17) is 40.9 Å². The van der Waals surface area contributed by atoms with Gasteiger partial charge < -0.3 is 91.8 Å². The molecule has 3 saturated heterocycles. The van der Waals surface area contributed by atoms with Crippen LogP contribution >= 0.6 is 0 Å². The largest absolute Gasteiger partial charge is 0.444 e. The number of alkyl carbamates (subject to hydrolysis) is 3. The fraction of sp³-hybridized carbons (Fsp3) is 0.587. The van der Waals surface area contributed by atoms with Gasteiger partial charge in [0, 0.05) is 108 Å². The normalized spacial score (nSPS) is 16.8. The van der Waals surface area contributed by atoms with Crippen molar-refractivity contribution in [2.75, 3.05) is 76.4 Å². The quantitative estimate of drug-likeness (QED) is 0.0126. The molecule has 31 nitrogen and oxygen atoms in total. The number of halogens is 6. The van der Waals surface area contributed by atoms with Gasteiger partial charge in [0.25, 0.3) is 0 Å². The number of carbonyl (C=O) groups excluding carboxylic acids is 7. The summed E-state index contributed by atoms with van der Waals surface area (Å²) in [4.78, 5) is 99.3. The van der Waals surface area contributed by atoms with Gasteiger partial charge in [-0.3, -0.25) is 19.2 Å². The number of carbonyl (C=O) groups is 7. The molecule has 3 fully saturated rings. The molecular weight excluding hydrogens is 1940 g/mol. The number of rotatable bonds is 54. The summed E-state index contributed by atoms with van der Waals surface area (Å²) >= 11 is 0. The Morgan fingerprint density at radius 3 is 0.875 bits per heavy atom. The Kier molecular flexibility index (Phi) is 50.8. The SMILES string of the molecule is CCCC(CCC)S(=O)(=O)C[C@@H](NC(=O)O[C@@H]1CCN(C(C)=O)C1)C(=O)N(Cc1cccc(CC)c1)C[C@@H](O)[C@@H](N)Cc1cc(F)cc(F)c1.CCCC(CCC)S(=O)(=O)C[C@@H](NC(=O)O[C@H]1CCOC1)C(=O)N(Cc1cccc(CC)c1)C[C@@H](O)[C@@H](N)Cc1cc(F)cc(F)c1.CCCC(CCC)S(=O)(=O)C[C@H](NC(=O)O[C@H]1CCOC1)C(=O)N(Cc1cccc(CC)c1)C[C@@H](O)[C@@H](N)Cc1cc(F)cc(F)c1. The first-order chi connectivity index (χ1) is 68.3. The predicted octanol–water partition coefficient (Wildman–Crippen LogP) is 12.0. The Morgan fingerprint density at radius 2 is 0.646 bits per heavy atom. The molecule has 12 atom stereocenters. The van der Waals surface area contributed by atoms with Gasteiger partial charge in [0.15, 0.2) is 29.5 Å². The fourth-order valence-corrected chi connectivity index (χ4v) is 24.2. The Morgan fingerprint density at radius 1 is 0.389 bits per heavy atom. The zero-order valence-corrected chi connectivity index (χ0v) is 86.9. The first-order valence-electron chi connectivity index (χ1n) is 50.1. The predicted molar refractivity (Wildman–Crippen MR) is 537 cm³/mol. The molecule has 144 heavy (non-hydrogen) atoms. The van der Waals surface area contributed by atoms with Gasteiger partial charge in [0.1, 0.15) is 71.3 Å². The standard InChI is InChI=1S/C36H52F2N4O7S.2C34H49F2N3O7S/c1-5-9-31(10-6-2)50(47,48)23-33(40-36(46)49-30-13-14-41(21-30)24(4)43)35(45)42(20-26-12-8-11-25(7-3)15-26)22-34(44)32(39)18-27-16-28(37)19-29(38)17-27;2*1-4-8-29(9-5-2)47(43,44)22-31(38-34(42)46-28-12-13-45-21-28)33(41)39(19-24-11-7-10-23(6-3)14-24)20-32(40)30(37)17-25-15-26(35)18-27(36)16-25/h8,11-12,15-17,19,30-34,44H,5-7,9-10,13-14,18,20-23,39H2,1-4H3,(H,40,46);2*7,10-11,14-16,18,28-32,40H,4-6,8-9,12-13,17,19-22,37H2,1-3H3,(H,38,42)/t30-,32+,33-,34-;28-,30-,31+,32+;28-,30-,31-,32+/m100/s1. The molecule has 0 aromatic heterocycles. The van der Waals surface area contributed by atoms with Crippen molar-refractivity contribution >= 4 is 71.4 Å². The van der Waals surface area contributed by atoms with Gasteiger partial charge in [-0.25, -0.2) is 66.0 Å². The summed E-state index contributed by atoms with van der Waals surface area (Å²) in [5.74, 6) is -9.22. The van der Waals surface area contributed by atoms with E-state index in [0.29, 0.717) is 139 Å². The van der Waals surface area contributed by atoms with Gasteiger partial charge in [-0.05, 0) is 164 Å². The lowest BCUT2D eigenvalue weighted by Gasteiger charge is -2.32. The molecule has 0 bridgehead atoms. The highest BCUT2D eigenvalue weighted by atomic mass is 32.2. The van der Waals surface area contributed by atoms with Crippen molar-refractivity contribution in [3.8, 4) is 0 Å². The third-order valence-corrected chi connectivity index (χ3v) is 32.3. The molecule has 6 aromatic rings. The highest BCUT2D eigenvalue weighted by Gasteiger charge is 2.42. The molecule has 802 valence electrons. The van der Waals surface area contributed by atoms with Gasteiger partial charge >= 0.3 is 18.3 Å². The molecule has 0 unspecified atom stereocenters. The van der Waals surface area contributed by atoms with Crippen LogP contribution < -0.4 is 33.2 Å². The second-order valence-electron chi connectivity index (χ2n) is 37.6. The topological polar surface area (TPSA) is 456 Å². The van der Waals surface area contributed by atoms with E-state index in [2.05, 4.69) is 16.0 Å². The number of aliphatic hydroxyl groups excluding tert-OH is 3. The average Bonchev–Trinajstić information content (AvgIpc) is 0.915. The second kappa shape index (κ2) is 60.4. The Hall–Kier alpha value is -9.88. The number of amides is 7. The van der Waals surface area contributed by atoms with E-state index in [1.165, 1.54) is 26.5 Å². The van der Waals surface area contributed by atoms with Gasteiger partial charge in [-0.15, -0.1) is 0 Å². The first kappa shape index (κ1) is 121. The van der Waals surface area contributed by atoms with E-state index < -0.39 is 206 Å². The molecule has 3 heterocycles. The van der Waals surface area contributed by atoms with Gasteiger partial charge in [-0.2, -0.15) is 0 Å². The van der Waals surface area contributed by atoms with E-state index >= 15 is 0 Å². The summed E-state index contributed by atoms with van der Waals surface area (Å²) in [5.41, 5.74) is 24.6. The molecule has 3 aliphatic rings. The number of sulfone groups is 3. The molecule has 3 aliphatic heterocycles. The zero-order chi connectivity index (χ0) is 106. The number of aliphatic hydroxyl groups is 3. The summed E-state index contributed by atoms with van der Waals surface area (Å²) in [5, 5.41) is 39.0. The summed E-state index contributed by atoms with van der Waals surface area (Å²) < 4.78 is 192. The average molecular weight is 2090 g/mol. The van der Waals surface area contributed by atoms with Crippen LogP contribution in [0.1, 0.15) is 216 Å². The summed E-state index contributed by atoms with van der Waals surface area (Å²) in [6.45, 7) is 19.2. The fourth-order valence-electron chi connectivity index (χ4n) is 17.7. The lowest BCUT2D eigenvalue weighted by molar-refractivity contribution is -0.135. The van der Waals surface area contributed by atoms with Crippen molar-refractivity contribution in [3.63, 3.8) is 0 Å². The third kappa shape index (κ3) is 40.7. The van der Waals surface area contributed by atoms with Crippen molar-refractivity contribution in [1.29, 1.82) is 0 Å². The zero-order valence-electron chi connectivity index (χ0n) is 84.4. The number of nitrogens with one attached hydrogen (secondary N) is 3. The van der Waals surface area contributed by atoms with Crippen LogP contribution in [-0.4, -0.2) is 267 Å². The minimum atomic E-state index is -3.92. The maximum atomic E-state index is 14.4. The molecule has 0 aliphatic carbocycles. The third-order valence-electron chi connectivity index (χ3n) is 25.5. The van der Waals surface area contributed by atoms with Crippen molar-refractivity contribution in [2.45, 2.75) is 312 Å². The van der Waals surface area contributed by atoms with E-state index in [9.17, 15) is 100 Å². The monoisotopic (exact) mass is 2090 g/mol. The van der Waals surface area contributed by atoms with Gasteiger partial charge in [0.2, 0.25) is 23.6 Å². The Labute approximate surface area is 844 Å². The molecule has 6 aromatic carbocycles. The number of ether oxygens (including phenoxy) is 5. The van der Waals surface area contributed by atoms with Crippen LogP contribution in [0.2, 0.25) is 0 Å². The molecule has 7 amide bonds. The van der Waals surface area contributed by atoms with E-state index in [1.807, 2.05) is 117 Å². The summed E-state index contributed by atoms with van der Waals surface area (Å²) in [6.07, 6.45) is 0.556. The summed E-state index contributed by atoms with van der Waals surface area (Å²) in [7, 11) is -11.7. The first-order valence-corrected chi connectivity index (χ1v) is 55.2. The molecule has 9 rings (SSSR count). The van der Waals surface area contributed by atoms with Crippen LogP contribution in [0.25, 0.3) is 0 Å². The van der Waals surface area contributed by atoms with Crippen LogP contribution in [0, 0.1) is 34.9 Å². The van der Waals surface area contributed by atoms with E-state index in [0.717, 1.165) is 84.1 Å². The molecule has 0 radical (unpaired) electrons. The number of likely N-dealkylation sites (tertiary alicyclic amines) is 1. The molecule has 0 saturated carbocycles. The van der Waals surface area contributed by atoms with Crippen LogP contribution in [0.4, 0.5) is 40.7 Å². The molecule has 40 heteroatoms. The van der Waals surface area contributed by atoms with Crippen LogP contribution in [-0.2, 0) is 131 Å². The van der Waals surface area contributed by atoms with Crippen LogP contribution in [0.15, 0.2) is 127 Å². The molecular formula is C104H150F6N10O21S3. The van der Waals surface area contributed by atoms with Crippen molar-refractivity contribution in [2.24, 2.45) is 17.2 Å². The Balaban J connectivity index is 0.000000293. The van der Waals surface area contributed by atoms with Gasteiger partial charge in [0.05, 0.1) is 84.3 Å². The number of hydrogen-bond acceptors (Lipinski definition) is 24. The maximum Gasteiger partial charge on any atom is 0.408 e. The Bertz CT molecular complexity index is 5150. The van der Waals surface area contributed by atoms with Crippen molar-refractivity contribution in [1.82, 2.24) is 35.6 Å². The lowest BCUT2D eigenvalue weighted by atomic mass is 10.0. The van der Waals surface area contributed by atoms with Crippen molar-refractivity contribution < 1.29 is 124 Å². The highest BCUT2D eigenvalue weighted by Crippen LogP contribution is 2.28. The number of nitrogens with zero attached hydrogens (tertiary/aromatic N) is 4. The lowest BCUT2D eigenvalue weighted by Crippen LogP contribution is -2.55. The summed E-state index contributed by atoms with van der Waals surface area (Å²) in [6, 6.07) is 23.4. The minimum absolute atomic E-state index is 0.0257. The number of benzene rings is 6. The maximum absolute atomic E-state index is 14.4. The second-order valence-corrected chi connectivity index (χ2v) is 44.5. The number of hydrogen-bond donors (Lipinski definition) is 9. The van der Waals surface area contributed by atoms with Crippen molar-refractivity contribution in [3.05, 3.63) is 212 Å². The van der Waals surface area contributed by atoms with Crippen LogP contribution in [0.5, 0.6) is 0 Å². The van der Waals surface area contributed by atoms with E-state index in [-0.39, 0.29) is 101 Å².